The molecule has 0 saturated carbocycles. The van der Waals surface area contributed by atoms with Crippen molar-refractivity contribution in [1.82, 2.24) is 5.32 Å². The molecule has 0 aliphatic rings. The zero-order valence-electron chi connectivity index (χ0n) is 8.94. The molecule has 1 N–H and O–H groups in total. The fraction of sp³-hybridized carbons (Fsp3) is 0.800. The molecule has 5 heteroatoms. The van der Waals surface area contributed by atoms with Gasteiger partial charge in [-0.25, -0.2) is 0 Å². The molecule has 0 aromatic carbocycles. The summed E-state index contributed by atoms with van der Waals surface area (Å²) in [6, 6.07) is 0.0261. The Morgan fingerprint density at radius 2 is 2.13 bits per heavy atom. The molecule has 0 spiro atoms. The van der Waals surface area contributed by atoms with E-state index in [1.807, 2.05) is 6.92 Å². The van der Waals surface area contributed by atoms with Crippen LogP contribution in [0.1, 0.15) is 19.8 Å². The number of ether oxygens (including phenoxy) is 1. The number of hydrogen-bond acceptors (Lipinski definition) is 2. The number of halogens is 3. The van der Waals surface area contributed by atoms with Crippen molar-refractivity contribution in [2.45, 2.75) is 32.0 Å². The molecular weight excluding hydrogens is 207 g/mol. The molecule has 0 amide bonds. The van der Waals surface area contributed by atoms with Gasteiger partial charge in [-0.05, 0) is 19.4 Å². The Morgan fingerprint density at radius 1 is 1.47 bits per heavy atom. The van der Waals surface area contributed by atoms with E-state index in [0.717, 1.165) is 13.0 Å². The summed E-state index contributed by atoms with van der Waals surface area (Å²) in [7, 11) is 0. The summed E-state index contributed by atoms with van der Waals surface area (Å²) < 4.78 is 39.6. The van der Waals surface area contributed by atoms with E-state index in [-0.39, 0.29) is 12.6 Å². The molecule has 1 unspecified atom stereocenters. The third-order valence-corrected chi connectivity index (χ3v) is 1.78. The third kappa shape index (κ3) is 9.75. The molecule has 0 fully saturated rings. The van der Waals surface area contributed by atoms with E-state index in [4.69, 9.17) is 0 Å². The zero-order valence-corrected chi connectivity index (χ0v) is 8.94. The smallest absolute Gasteiger partial charge is 0.372 e. The van der Waals surface area contributed by atoms with Gasteiger partial charge in [0.1, 0.15) is 6.61 Å². The summed E-state index contributed by atoms with van der Waals surface area (Å²) in [6.45, 7) is 5.37. The minimum absolute atomic E-state index is 0.0261. The van der Waals surface area contributed by atoms with Gasteiger partial charge >= 0.3 is 6.18 Å². The van der Waals surface area contributed by atoms with Crippen molar-refractivity contribution < 1.29 is 17.9 Å². The minimum Gasteiger partial charge on any atom is -0.372 e. The maximum absolute atomic E-state index is 11.7. The van der Waals surface area contributed by atoms with Gasteiger partial charge in [0.2, 0.25) is 0 Å². The number of alkyl halides is 3. The average molecular weight is 225 g/mol. The first kappa shape index (κ1) is 14.5. The van der Waals surface area contributed by atoms with Gasteiger partial charge in [0.15, 0.2) is 0 Å². The monoisotopic (exact) mass is 225 g/mol. The SMILES string of the molecule is C=CC(CCOCC(F)(F)F)NCCC. The van der Waals surface area contributed by atoms with Gasteiger partial charge in [-0.2, -0.15) is 13.2 Å². The predicted octanol–water partition coefficient (Wildman–Crippen LogP) is 2.51. The molecule has 1 atom stereocenters. The lowest BCUT2D eigenvalue weighted by Crippen LogP contribution is -2.29. The van der Waals surface area contributed by atoms with Gasteiger partial charge in [-0.15, -0.1) is 6.58 Å². The van der Waals surface area contributed by atoms with Crippen molar-refractivity contribution in [2.75, 3.05) is 19.8 Å². The second kappa shape index (κ2) is 7.70. The van der Waals surface area contributed by atoms with E-state index in [0.29, 0.717) is 6.42 Å². The second-order valence-corrected chi connectivity index (χ2v) is 3.25. The van der Waals surface area contributed by atoms with Crippen molar-refractivity contribution >= 4 is 0 Å². The van der Waals surface area contributed by atoms with Crippen molar-refractivity contribution in [3.8, 4) is 0 Å². The highest BCUT2D eigenvalue weighted by atomic mass is 19.4. The van der Waals surface area contributed by atoms with Crippen LogP contribution in [0.25, 0.3) is 0 Å². The molecule has 0 aromatic rings. The number of nitrogens with one attached hydrogen (secondary N) is 1. The first-order valence-corrected chi connectivity index (χ1v) is 5.00. The minimum atomic E-state index is -4.24. The van der Waals surface area contributed by atoms with Crippen LogP contribution in [0.15, 0.2) is 12.7 Å². The summed E-state index contributed by atoms with van der Waals surface area (Å²) >= 11 is 0. The topological polar surface area (TPSA) is 21.3 Å². The largest absolute Gasteiger partial charge is 0.411 e. The summed E-state index contributed by atoms with van der Waals surface area (Å²) in [4.78, 5) is 0. The maximum Gasteiger partial charge on any atom is 0.411 e. The molecule has 0 radical (unpaired) electrons. The van der Waals surface area contributed by atoms with Crippen molar-refractivity contribution in [2.24, 2.45) is 0 Å². The van der Waals surface area contributed by atoms with E-state index < -0.39 is 12.8 Å². The fourth-order valence-electron chi connectivity index (χ4n) is 1.03. The van der Waals surface area contributed by atoms with Crippen molar-refractivity contribution in [3.05, 3.63) is 12.7 Å². The lowest BCUT2D eigenvalue weighted by atomic mass is 10.2. The second-order valence-electron chi connectivity index (χ2n) is 3.25. The molecule has 15 heavy (non-hydrogen) atoms. The van der Waals surface area contributed by atoms with Crippen LogP contribution in [0, 0.1) is 0 Å². The molecular formula is C10H18F3NO. The fourth-order valence-corrected chi connectivity index (χ4v) is 1.03. The summed E-state index contributed by atoms with van der Waals surface area (Å²) in [5.74, 6) is 0. The van der Waals surface area contributed by atoms with Gasteiger partial charge in [0, 0.05) is 12.6 Å². The van der Waals surface area contributed by atoms with Gasteiger partial charge < -0.3 is 10.1 Å². The van der Waals surface area contributed by atoms with Crippen LogP contribution >= 0.6 is 0 Å². The highest BCUT2D eigenvalue weighted by molar-refractivity contribution is 4.85. The normalized spacial score (nSPS) is 13.9. The summed E-state index contributed by atoms with van der Waals surface area (Å²) in [5.41, 5.74) is 0. The van der Waals surface area contributed by atoms with Gasteiger partial charge in [0.05, 0.1) is 0 Å². The first-order valence-electron chi connectivity index (χ1n) is 5.00. The van der Waals surface area contributed by atoms with E-state index in [1.165, 1.54) is 0 Å². The van der Waals surface area contributed by atoms with E-state index >= 15 is 0 Å². The summed E-state index contributed by atoms with van der Waals surface area (Å²) in [5, 5.41) is 3.14. The molecule has 0 aliphatic carbocycles. The van der Waals surface area contributed by atoms with Crippen LogP contribution in [-0.4, -0.2) is 32.0 Å². The average Bonchev–Trinajstić information content (AvgIpc) is 2.15. The lowest BCUT2D eigenvalue weighted by molar-refractivity contribution is -0.174. The van der Waals surface area contributed by atoms with E-state index in [2.05, 4.69) is 16.6 Å². The quantitative estimate of drug-likeness (QED) is 0.506. The Balaban J connectivity index is 3.50. The molecule has 0 rings (SSSR count). The lowest BCUT2D eigenvalue weighted by Gasteiger charge is -2.14. The molecule has 0 bridgehead atoms. The number of hydrogen-bond donors (Lipinski definition) is 1. The van der Waals surface area contributed by atoms with Crippen LogP contribution < -0.4 is 5.32 Å². The van der Waals surface area contributed by atoms with Gasteiger partial charge in [-0.1, -0.05) is 13.0 Å². The van der Waals surface area contributed by atoms with Crippen LogP contribution in [0.4, 0.5) is 13.2 Å². The molecule has 90 valence electrons. The highest BCUT2D eigenvalue weighted by Crippen LogP contribution is 2.14. The highest BCUT2D eigenvalue weighted by Gasteiger charge is 2.27. The Kier molecular flexibility index (Phi) is 7.42. The Morgan fingerprint density at radius 3 is 2.60 bits per heavy atom. The number of rotatable bonds is 8. The molecule has 2 nitrogen and oxygen atoms in total. The van der Waals surface area contributed by atoms with Crippen LogP contribution in [-0.2, 0) is 4.74 Å². The van der Waals surface area contributed by atoms with E-state index in [1.54, 1.807) is 6.08 Å². The molecule has 0 aliphatic heterocycles. The first-order chi connectivity index (χ1) is 6.99. The Labute approximate surface area is 88.5 Å². The standard InChI is InChI=1S/C10H18F3NO/c1-3-6-14-9(4-2)5-7-15-8-10(11,12)13/h4,9,14H,2-3,5-8H2,1H3. The van der Waals surface area contributed by atoms with Gasteiger partial charge in [0.25, 0.3) is 0 Å². The molecule has 0 saturated heterocycles. The van der Waals surface area contributed by atoms with Crippen molar-refractivity contribution in [1.29, 1.82) is 0 Å². The predicted molar refractivity (Wildman–Crippen MR) is 53.8 cm³/mol. The van der Waals surface area contributed by atoms with Crippen LogP contribution in [0.2, 0.25) is 0 Å². The Bertz CT molecular complexity index is 171. The van der Waals surface area contributed by atoms with Gasteiger partial charge in [-0.3, -0.25) is 0 Å². The third-order valence-electron chi connectivity index (χ3n) is 1.78. The van der Waals surface area contributed by atoms with Crippen LogP contribution in [0.5, 0.6) is 0 Å². The maximum atomic E-state index is 11.7. The Hall–Kier alpha value is -0.550. The van der Waals surface area contributed by atoms with Crippen LogP contribution in [0.3, 0.4) is 0 Å². The zero-order chi connectivity index (χ0) is 11.7. The molecule has 0 aromatic heterocycles. The summed E-state index contributed by atoms with van der Waals surface area (Å²) in [6.07, 6.45) is -1.06. The van der Waals surface area contributed by atoms with Crippen molar-refractivity contribution in [3.63, 3.8) is 0 Å². The molecule has 0 heterocycles. The van der Waals surface area contributed by atoms with E-state index in [9.17, 15) is 13.2 Å².